The van der Waals surface area contributed by atoms with E-state index in [4.69, 9.17) is 0 Å². The molecule has 92 valence electrons. The summed E-state index contributed by atoms with van der Waals surface area (Å²) < 4.78 is 2.14. The minimum atomic E-state index is 1.18. The SMILES string of the molecule is Cc1ccc2ccccc2c1C1=[N+](C)C=CC=C=C1. The lowest BCUT2D eigenvalue weighted by molar-refractivity contribution is -0.420. The first-order valence-corrected chi connectivity index (χ1v) is 6.45. The van der Waals surface area contributed by atoms with E-state index in [1.54, 1.807) is 0 Å². The van der Waals surface area contributed by atoms with Crippen LogP contribution in [0.4, 0.5) is 0 Å². The fraction of sp³-hybridized carbons (Fsp3) is 0.111. The lowest BCUT2D eigenvalue weighted by Crippen LogP contribution is -2.13. The van der Waals surface area contributed by atoms with Crippen molar-refractivity contribution < 1.29 is 4.58 Å². The lowest BCUT2D eigenvalue weighted by atomic mass is 9.96. The molecule has 0 saturated carbocycles. The van der Waals surface area contributed by atoms with E-state index >= 15 is 0 Å². The van der Waals surface area contributed by atoms with Crippen molar-refractivity contribution >= 4 is 16.5 Å². The van der Waals surface area contributed by atoms with Crippen molar-refractivity contribution in [1.82, 2.24) is 0 Å². The van der Waals surface area contributed by atoms with Crippen LogP contribution in [0.15, 0.2) is 66.6 Å². The Morgan fingerprint density at radius 3 is 2.79 bits per heavy atom. The predicted molar refractivity (Wildman–Crippen MR) is 80.8 cm³/mol. The number of rotatable bonds is 1. The number of allylic oxidation sites excluding steroid dienone is 2. The van der Waals surface area contributed by atoms with Gasteiger partial charge in [0.15, 0.2) is 6.20 Å². The first-order valence-electron chi connectivity index (χ1n) is 6.45. The van der Waals surface area contributed by atoms with E-state index in [0.717, 1.165) is 0 Å². The number of benzene rings is 2. The first kappa shape index (κ1) is 11.7. The highest BCUT2D eigenvalue weighted by molar-refractivity contribution is 6.15. The van der Waals surface area contributed by atoms with E-state index in [0.29, 0.717) is 0 Å². The molecule has 0 unspecified atom stereocenters. The molecule has 19 heavy (non-hydrogen) atoms. The summed E-state index contributed by atoms with van der Waals surface area (Å²) >= 11 is 0. The van der Waals surface area contributed by atoms with E-state index in [-0.39, 0.29) is 0 Å². The van der Waals surface area contributed by atoms with Gasteiger partial charge < -0.3 is 0 Å². The van der Waals surface area contributed by atoms with Crippen LogP contribution in [0.3, 0.4) is 0 Å². The summed E-state index contributed by atoms with van der Waals surface area (Å²) in [4.78, 5) is 0. The number of nitrogens with zero attached hydrogens (tertiary/aromatic N) is 1. The predicted octanol–water partition coefficient (Wildman–Crippen LogP) is 3.82. The van der Waals surface area contributed by atoms with Gasteiger partial charge in [-0.05, 0) is 29.3 Å². The number of hydrogen-bond donors (Lipinski definition) is 0. The second-order valence-electron chi connectivity index (χ2n) is 4.79. The van der Waals surface area contributed by atoms with Crippen LogP contribution < -0.4 is 0 Å². The van der Waals surface area contributed by atoms with Crippen LogP contribution >= 0.6 is 0 Å². The maximum atomic E-state index is 3.20. The largest absolute Gasteiger partial charge is 0.220 e. The highest BCUT2D eigenvalue weighted by atomic mass is 14.9. The molecule has 1 nitrogen and oxygen atoms in total. The molecule has 2 aromatic rings. The second-order valence-corrected chi connectivity index (χ2v) is 4.79. The molecule has 0 atom stereocenters. The lowest BCUT2D eigenvalue weighted by Gasteiger charge is -2.08. The Hall–Kier alpha value is -2.37. The summed E-state index contributed by atoms with van der Waals surface area (Å²) in [7, 11) is 2.07. The fourth-order valence-electron chi connectivity index (χ4n) is 2.51. The van der Waals surface area contributed by atoms with E-state index in [9.17, 15) is 0 Å². The van der Waals surface area contributed by atoms with Crippen LogP contribution in [0, 0.1) is 6.92 Å². The van der Waals surface area contributed by atoms with Gasteiger partial charge in [-0.3, -0.25) is 0 Å². The molecular formula is C18H16N+. The summed E-state index contributed by atoms with van der Waals surface area (Å²) in [6.45, 7) is 2.16. The average Bonchev–Trinajstić information content (AvgIpc) is 2.64. The number of aryl methyl sites for hydroxylation is 1. The van der Waals surface area contributed by atoms with E-state index in [1.165, 1.54) is 27.6 Å². The van der Waals surface area contributed by atoms with Gasteiger partial charge >= 0.3 is 0 Å². The summed E-state index contributed by atoms with van der Waals surface area (Å²) in [5.74, 6) is 0. The minimum absolute atomic E-state index is 1.18. The zero-order valence-electron chi connectivity index (χ0n) is 11.2. The molecule has 0 fully saturated rings. The van der Waals surface area contributed by atoms with Gasteiger partial charge in [0.1, 0.15) is 7.05 Å². The molecule has 0 spiro atoms. The Bertz CT molecular complexity index is 769. The summed E-state index contributed by atoms with van der Waals surface area (Å²) in [6.07, 6.45) is 8.05. The van der Waals surface area contributed by atoms with Crippen molar-refractivity contribution in [1.29, 1.82) is 0 Å². The average molecular weight is 246 g/mol. The van der Waals surface area contributed by atoms with Crippen LogP contribution in [-0.4, -0.2) is 17.3 Å². The van der Waals surface area contributed by atoms with Crippen LogP contribution in [0.2, 0.25) is 0 Å². The molecule has 0 N–H and O–H groups in total. The Labute approximate surface area is 113 Å². The first-order chi connectivity index (χ1) is 9.27. The quantitative estimate of drug-likeness (QED) is 0.531. The molecule has 1 aliphatic rings. The van der Waals surface area contributed by atoms with Gasteiger partial charge in [0, 0.05) is 6.08 Å². The number of hydrogen-bond acceptors (Lipinski definition) is 0. The zero-order chi connectivity index (χ0) is 13.2. The molecule has 1 heterocycles. The summed E-state index contributed by atoms with van der Waals surface area (Å²) in [6, 6.07) is 12.9. The molecule has 1 heteroatoms. The van der Waals surface area contributed by atoms with Crippen molar-refractivity contribution in [3.63, 3.8) is 0 Å². The highest BCUT2D eigenvalue weighted by Gasteiger charge is 2.16. The van der Waals surface area contributed by atoms with Gasteiger partial charge in [0.2, 0.25) is 5.71 Å². The second kappa shape index (κ2) is 4.72. The molecule has 2 aromatic carbocycles. The zero-order valence-corrected chi connectivity index (χ0v) is 11.2. The van der Waals surface area contributed by atoms with E-state index < -0.39 is 0 Å². The molecule has 0 amide bonds. The van der Waals surface area contributed by atoms with Gasteiger partial charge in [0.05, 0.1) is 11.6 Å². The van der Waals surface area contributed by atoms with Crippen LogP contribution in [0.1, 0.15) is 11.1 Å². The number of fused-ring (bicyclic) bond motifs is 1. The molecule has 1 aliphatic heterocycles. The maximum Gasteiger partial charge on any atom is 0.220 e. The van der Waals surface area contributed by atoms with Gasteiger partial charge in [-0.1, -0.05) is 36.4 Å². The highest BCUT2D eigenvalue weighted by Crippen LogP contribution is 2.23. The molecule has 0 radical (unpaired) electrons. The summed E-state index contributed by atoms with van der Waals surface area (Å²) in [5.41, 5.74) is 6.95. The van der Waals surface area contributed by atoms with E-state index in [2.05, 4.69) is 73.0 Å². The Balaban J connectivity index is 2.40. The minimum Gasteiger partial charge on any atom is -0.200 e. The molecule has 0 aliphatic carbocycles. The third-order valence-corrected chi connectivity index (χ3v) is 3.50. The summed E-state index contributed by atoms with van der Waals surface area (Å²) in [5, 5.41) is 2.56. The molecule has 3 rings (SSSR count). The van der Waals surface area contributed by atoms with Gasteiger partial charge in [-0.2, -0.15) is 0 Å². The third kappa shape index (κ3) is 2.05. The van der Waals surface area contributed by atoms with Gasteiger partial charge in [0.25, 0.3) is 0 Å². The molecule has 0 bridgehead atoms. The molecule has 0 aromatic heterocycles. The van der Waals surface area contributed by atoms with Gasteiger partial charge in [-0.15, -0.1) is 5.73 Å². The normalized spacial score (nSPS) is 14.2. The Kier molecular flexibility index (Phi) is 2.91. The standard InChI is InChI=1S/C18H16N/c1-14-11-12-15-8-5-6-9-16(15)18(14)17-10-4-3-7-13-19(17)2/h3,5-13H,1-2H3/q+1. The maximum absolute atomic E-state index is 3.20. The van der Waals surface area contributed by atoms with Crippen molar-refractivity contribution in [2.45, 2.75) is 6.92 Å². The van der Waals surface area contributed by atoms with Gasteiger partial charge in [-0.25, -0.2) is 4.58 Å². The third-order valence-electron chi connectivity index (χ3n) is 3.50. The molecular weight excluding hydrogens is 230 g/mol. The van der Waals surface area contributed by atoms with Crippen molar-refractivity contribution in [2.24, 2.45) is 0 Å². The van der Waals surface area contributed by atoms with Crippen LogP contribution in [-0.2, 0) is 0 Å². The van der Waals surface area contributed by atoms with Crippen LogP contribution in [0.5, 0.6) is 0 Å². The van der Waals surface area contributed by atoms with Crippen molar-refractivity contribution in [2.75, 3.05) is 7.05 Å². The molecule has 0 saturated heterocycles. The van der Waals surface area contributed by atoms with Crippen molar-refractivity contribution in [3.05, 3.63) is 77.7 Å². The Morgan fingerprint density at radius 1 is 1.05 bits per heavy atom. The van der Waals surface area contributed by atoms with Crippen LogP contribution in [0.25, 0.3) is 10.8 Å². The Morgan fingerprint density at radius 2 is 1.89 bits per heavy atom. The monoisotopic (exact) mass is 246 g/mol. The topological polar surface area (TPSA) is 3.01 Å². The van der Waals surface area contributed by atoms with E-state index in [1.807, 2.05) is 12.2 Å². The smallest absolute Gasteiger partial charge is 0.200 e. The van der Waals surface area contributed by atoms with Crippen molar-refractivity contribution in [3.8, 4) is 0 Å². The fourth-order valence-corrected chi connectivity index (χ4v) is 2.51.